The molecular formula is C8H7ClN4. The van der Waals surface area contributed by atoms with Crippen molar-refractivity contribution in [2.24, 2.45) is 0 Å². The predicted molar refractivity (Wildman–Crippen MR) is 49.2 cm³/mol. The second-order valence-corrected chi connectivity index (χ2v) is 2.79. The van der Waals surface area contributed by atoms with Crippen molar-refractivity contribution in [3.05, 3.63) is 29.8 Å². The third kappa shape index (κ3) is 1.53. The van der Waals surface area contributed by atoms with E-state index >= 15 is 0 Å². The van der Waals surface area contributed by atoms with Crippen LogP contribution in [0, 0.1) is 0 Å². The van der Waals surface area contributed by atoms with Crippen LogP contribution < -0.4 is 0 Å². The summed E-state index contributed by atoms with van der Waals surface area (Å²) >= 11 is 5.76. The fourth-order valence-electron chi connectivity index (χ4n) is 1.13. The topological polar surface area (TPSA) is 54.5 Å². The Morgan fingerprint density at radius 2 is 2.15 bits per heavy atom. The molecule has 0 atom stereocenters. The Bertz CT molecular complexity index is 385. The first-order chi connectivity index (χ1) is 6.42. The van der Waals surface area contributed by atoms with Gasteiger partial charge in [-0.1, -0.05) is 24.3 Å². The van der Waals surface area contributed by atoms with Crippen LogP contribution in [-0.2, 0) is 5.88 Å². The maximum Gasteiger partial charge on any atom is 0.204 e. The van der Waals surface area contributed by atoms with E-state index < -0.39 is 0 Å². The second kappa shape index (κ2) is 3.53. The lowest BCUT2D eigenvalue weighted by molar-refractivity contribution is 0.881. The van der Waals surface area contributed by atoms with Crippen LogP contribution in [-0.4, -0.2) is 20.6 Å². The number of tetrazole rings is 1. The van der Waals surface area contributed by atoms with E-state index in [9.17, 15) is 0 Å². The summed E-state index contributed by atoms with van der Waals surface area (Å²) in [5.41, 5.74) is 1.93. The predicted octanol–water partition coefficient (Wildman–Crippen LogP) is 1.61. The van der Waals surface area contributed by atoms with Gasteiger partial charge in [0.05, 0.1) is 0 Å². The minimum Gasteiger partial charge on any atom is -0.177 e. The molecule has 0 aliphatic carbocycles. The molecule has 0 spiro atoms. The first-order valence-electron chi connectivity index (χ1n) is 3.79. The fourth-order valence-corrected chi connectivity index (χ4v) is 1.36. The molecule has 66 valence electrons. The highest BCUT2D eigenvalue weighted by Crippen LogP contribution is 2.19. The van der Waals surface area contributed by atoms with Gasteiger partial charge in [-0.2, -0.15) is 5.21 Å². The third-order valence-corrected chi connectivity index (χ3v) is 2.04. The zero-order valence-electron chi connectivity index (χ0n) is 6.74. The average Bonchev–Trinajstić information content (AvgIpc) is 2.70. The number of nitrogens with zero attached hydrogens (tertiary/aromatic N) is 3. The van der Waals surface area contributed by atoms with Crippen LogP contribution in [0.1, 0.15) is 5.56 Å². The number of rotatable bonds is 2. The molecule has 0 aliphatic rings. The van der Waals surface area contributed by atoms with Crippen LogP contribution in [0.3, 0.4) is 0 Å². The van der Waals surface area contributed by atoms with Crippen LogP contribution in [0.25, 0.3) is 11.4 Å². The van der Waals surface area contributed by atoms with Crippen molar-refractivity contribution in [3.8, 4) is 11.4 Å². The molecule has 2 rings (SSSR count). The molecule has 1 aromatic carbocycles. The first-order valence-corrected chi connectivity index (χ1v) is 4.33. The number of hydrogen-bond acceptors (Lipinski definition) is 3. The quantitative estimate of drug-likeness (QED) is 0.739. The van der Waals surface area contributed by atoms with E-state index in [4.69, 9.17) is 11.6 Å². The lowest BCUT2D eigenvalue weighted by Crippen LogP contribution is -1.87. The summed E-state index contributed by atoms with van der Waals surface area (Å²) in [6.45, 7) is 0. The summed E-state index contributed by atoms with van der Waals surface area (Å²) in [5, 5.41) is 13.7. The fraction of sp³-hybridized carbons (Fsp3) is 0.125. The molecule has 0 bridgehead atoms. The lowest BCUT2D eigenvalue weighted by Gasteiger charge is -2.00. The van der Waals surface area contributed by atoms with E-state index in [1.807, 2.05) is 24.3 Å². The average molecular weight is 195 g/mol. The minimum atomic E-state index is 0.449. The second-order valence-electron chi connectivity index (χ2n) is 2.53. The normalized spacial score (nSPS) is 10.2. The van der Waals surface area contributed by atoms with Gasteiger partial charge in [0.25, 0.3) is 0 Å². The number of alkyl halides is 1. The number of nitrogens with one attached hydrogen (secondary N) is 1. The lowest BCUT2D eigenvalue weighted by atomic mass is 10.1. The molecule has 0 radical (unpaired) electrons. The van der Waals surface area contributed by atoms with Crippen molar-refractivity contribution in [1.29, 1.82) is 0 Å². The van der Waals surface area contributed by atoms with Crippen LogP contribution in [0.5, 0.6) is 0 Å². The van der Waals surface area contributed by atoms with E-state index in [-0.39, 0.29) is 0 Å². The Hall–Kier alpha value is -1.42. The summed E-state index contributed by atoms with van der Waals surface area (Å²) in [5.74, 6) is 1.03. The largest absolute Gasteiger partial charge is 0.204 e. The van der Waals surface area contributed by atoms with Gasteiger partial charge in [-0.3, -0.25) is 0 Å². The van der Waals surface area contributed by atoms with Gasteiger partial charge >= 0.3 is 0 Å². The summed E-state index contributed by atoms with van der Waals surface area (Å²) in [6, 6.07) is 7.71. The van der Waals surface area contributed by atoms with Crippen molar-refractivity contribution < 1.29 is 0 Å². The molecule has 2 aromatic rings. The van der Waals surface area contributed by atoms with E-state index in [1.54, 1.807) is 0 Å². The molecule has 1 N–H and O–H groups in total. The standard InChI is InChI=1S/C8H7ClN4/c9-5-6-3-1-2-4-7(6)8-10-12-13-11-8/h1-4H,5H2,(H,10,11,12,13). The smallest absolute Gasteiger partial charge is 0.177 e. The van der Waals surface area contributed by atoms with E-state index in [1.165, 1.54) is 0 Å². The molecular weight excluding hydrogens is 188 g/mol. The minimum absolute atomic E-state index is 0.449. The maximum absolute atomic E-state index is 5.76. The molecule has 0 fully saturated rings. The van der Waals surface area contributed by atoms with Crippen LogP contribution in [0.15, 0.2) is 24.3 Å². The van der Waals surface area contributed by atoms with Gasteiger partial charge in [-0.15, -0.1) is 21.8 Å². The number of hydrogen-bond donors (Lipinski definition) is 1. The SMILES string of the molecule is ClCc1ccccc1-c1nn[nH]n1. The van der Waals surface area contributed by atoms with Crippen molar-refractivity contribution >= 4 is 11.6 Å². The van der Waals surface area contributed by atoms with Crippen molar-refractivity contribution in [2.75, 3.05) is 0 Å². The molecule has 1 heterocycles. The van der Waals surface area contributed by atoms with E-state index in [0.717, 1.165) is 11.1 Å². The molecule has 0 amide bonds. The monoisotopic (exact) mass is 194 g/mol. The van der Waals surface area contributed by atoms with Gasteiger partial charge in [0.1, 0.15) is 0 Å². The van der Waals surface area contributed by atoms with Crippen LogP contribution >= 0.6 is 11.6 Å². The third-order valence-electron chi connectivity index (χ3n) is 1.75. The number of aromatic nitrogens is 4. The summed E-state index contributed by atoms with van der Waals surface area (Å²) in [4.78, 5) is 0. The molecule has 5 heteroatoms. The van der Waals surface area contributed by atoms with Crippen molar-refractivity contribution in [1.82, 2.24) is 20.6 Å². The zero-order valence-corrected chi connectivity index (χ0v) is 7.49. The number of benzene rings is 1. The van der Waals surface area contributed by atoms with Crippen LogP contribution in [0.4, 0.5) is 0 Å². The molecule has 0 saturated heterocycles. The van der Waals surface area contributed by atoms with Crippen molar-refractivity contribution in [2.45, 2.75) is 5.88 Å². The molecule has 1 aromatic heterocycles. The molecule has 4 nitrogen and oxygen atoms in total. The van der Waals surface area contributed by atoms with Gasteiger partial charge < -0.3 is 0 Å². The van der Waals surface area contributed by atoms with Gasteiger partial charge in [-0.05, 0) is 10.8 Å². The molecule has 0 aliphatic heterocycles. The van der Waals surface area contributed by atoms with Gasteiger partial charge in [0.2, 0.25) is 5.82 Å². The van der Waals surface area contributed by atoms with Gasteiger partial charge in [-0.25, -0.2) is 0 Å². The highest BCUT2D eigenvalue weighted by molar-refractivity contribution is 6.17. The number of H-pyrrole nitrogens is 1. The van der Waals surface area contributed by atoms with Gasteiger partial charge in [0, 0.05) is 11.4 Å². The Kier molecular flexibility index (Phi) is 2.23. The summed E-state index contributed by atoms with van der Waals surface area (Å²) < 4.78 is 0. The zero-order chi connectivity index (χ0) is 9.10. The highest BCUT2D eigenvalue weighted by Gasteiger charge is 2.06. The maximum atomic E-state index is 5.76. The van der Waals surface area contributed by atoms with E-state index in [2.05, 4.69) is 20.6 Å². The molecule has 13 heavy (non-hydrogen) atoms. The number of aromatic amines is 1. The van der Waals surface area contributed by atoms with Crippen molar-refractivity contribution in [3.63, 3.8) is 0 Å². The molecule has 0 saturated carbocycles. The summed E-state index contributed by atoms with van der Waals surface area (Å²) in [6.07, 6.45) is 0. The van der Waals surface area contributed by atoms with Gasteiger partial charge in [0.15, 0.2) is 0 Å². The Labute approximate surface area is 79.9 Å². The highest BCUT2D eigenvalue weighted by atomic mass is 35.5. The first kappa shape index (κ1) is 8.19. The van der Waals surface area contributed by atoms with E-state index in [0.29, 0.717) is 11.7 Å². The Morgan fingerprint density at radius 3 is 2.85 bits per heavy atom. The summed E-state index contributed by atoms with van der Waals surface area (Å²) in [7, 11) is 0. The molecule has 0 unspecified atom stereocenters. The van der Waals surface area contributed by atoms with Crippen LogP contribution in [0.2, 0.25) is 0 Å². The Morgan fingerprint density at radius 1 is 1.31 bits per heavy atom. The Balaban J connectivity index is 2.51. The number of halogens is 1.